The molecule has 0 radical (unpaired) electrons. The van der Waals surface area contributed by atoms with Gasteiger partial charge >= 0.3 is 0 Å². The van der Waals surface area contributed by atoms with Gasteiger partial charge < -0.3 is 25.8 Å². The van der Waals surface area contributed by atoms with Crippen molar-refractivity contribution in [1.29, 1.82) is 0 Å². The van der Waals surface area contributed by atoms with E-state index in [4.69, 9.17) is 0 Å². The minimum absolute atomic E-state index is 0.00315. The summed E-state index contributed by atoms with van der Waals surface area (Å²) in [6.07, 6.45) is 9.40. The molecule has 0 unspecified atom stereocenters. The van der Waals surface area contributed by atoms with Gasteiger partial charge in [-0.15, -0.1) is 0 Å². The molecule has 6 atom stereocenters. The van der Waals surface area contributed by atoms with Crippen LogP contribution in [0.5, 0.6) is 0 Å². The van der Waals surface area contributed by atoms with Gasteiger partial charge in [0.15, 0.2) is 0 Å². The van der Waals surface area contributed by atoms with Crippen LogP contribution in [0.15, 0.2) is 0 Å². The van der Waals surface area contributed by atoms with E-state index in [0.717, 1.165) is 64.5 Å². The van der Waals surface area contributed by atoms with Gasteiger partial charge in [-0.1, -0.05) is 88.0 Å². The lowest BCUT2D eigenvalue weighted by atomic mass is 9.73. The highest BCUT2D eigenvalue weighted by Gasteiger charge is 2.85. The first-order valence-corrected chi connectivity index (χ1v) is 23.0. The van der Waals surface area contributed by atoms with Crippen LogP contribution in [0.1, 0.15) is 139 Å². The summed E-state index contributed by atoms with van der Waals surface area (Å²) >= 11 is 0. The zero-order valence-electron chi connectivity index (χ0n) is 35.5. The molecule has 56 heavy (non-hydrogen) atoms. The molecule has 4 saturated carbocycles. The maximum Gasteiger partial charge on any atom is 0.256 e. The normalized spacial score (nSPS) is 29.1. The number of carbonyl (C=O) groups excluding carboxylic acids is 5. The van der Waals surface area contributed by atoms with Gasteiger partial charge in [0.1, 0.15) is 24.2 Å². The standard InChI is InChI=1S/C42H70N6O7S/c1-10-47-21-12-16-27(24-47)33(49)44-31(38(2,3)4)36(52)45-32(39(5,6)7)37(53)48-25-42(40(8,9)41(42)19-13-20-41)23-30(48)35(51)43-29(22-26-14-11-15-26)34(50)46-56(54,55)28-17-18-28/h26-32H,10-25H2,1-9H3,(H,43,51)(H,44,49)(H,45,52)(H,46,50)/t27-,29+,30+,31-,32-,42-/m1/s1. The number of hydrogen-bond acceptors (Lipinski definition) is 8. The van der Waals surface area contributed by atoms with Gasteiger partial charge in [-0.25, -0.2) is 8.42 Å². The zero-order valence-corrected chi connectivity index (χ0v) is 36.3. The summed E-state index contributed by atoms with van der Waals surface area (Å²) in [4.78, 5) is 75.2. The van der Waals surface area contributed by atoms with Crippen LogP contribution >= 0.6 is 0 Å². The first-order chi connectivity index (χ1) is 26.0. The van der Waals surface area contributed by atoms with Crippen LogP contribution < -0.4 is 20.7 Å². The molecule has 4 N–H and O–H groups in total. The molecule has 6 rings (SSSR count). The molecule has 0 aromatic rings. The number of carbonyl (C=O) groups is 5. The summed E-state index contributed by atoms with van der Waals surface area (Å²) < 4.78 is 27.9. The van der Waals surface area contributed by atoms with Gasteiger partial charge in [-0.2, -0.15) is 0 Å². The molecule has 0 aromatic carbocycles. The number of sulfonamides is 1. The summed E-state index contributed by atoms with van der Waals surface area (Å²) in [5.41, 5.74) is -1.86. The molecule has 2 heterocycles. The Kier molecular flexibility index (Phi) is 11.6. The molecule has 13 nitrogen and oxygen atoms in total. The third kappa shape index (κ3) is 7.87. The molecule has 6 aliphatic rings. The average molecular weight is 803 g/mol. The fourth-order valence-electron chi connectivity index (χ4n) is 10.8. The van der Waals surface area contributed by atoms with E-state index < -0.39 is 68.0 Å². The SMILES string of the molecule is CCN1CCC[C@@H](C(=O)N[C@H](C(=O)N[C@H](C(=O)N2C[C@]3(C[C@H]2C(=O)N[C@@H](CC2CCC2)C(=O)NS(=O)(=O)C2CC2)C(C)(C)C32CCC2)C(C)(C)C)C(C)(C)C)C1. The minimum atomic E-state index is -3.83. The third-order valence-electron chi connectivity index (χ3n) is 15.2. The lowest BCUT2D eigenvalue weighted by Gasteiger charge is -2.39. The largest absolute Gasteiger partial charge is 0.344 e. The molecule has 0 aromatic heterocycles. The Labute approximate surface area is 335 Å². The Morgan fingerprint density at radius 1 is 0.768 bits per heavy atom. The average Bonchev–Trinajstić information content (AvgIpc) is 3.94. The van der Waals surface area contributed by atoms with E-state index in [-0.39, 0.29) is 39.9 Å². The topological polar surface area (TPSA) is 174 Å². The highest BCUT2D eigenvalue weighted by molar-refractivity contribution is 7.90. The first kappa shape index (κ1) is 42.9. The van der Waals surface area contributed by atoms with Gasteiger partial charge in [0.05, 0.1) is 11.2 Å². The van der Waals surface area contributed by atoms with Crippen LogP contribution in [0.25, 0.3) is 0 Å². The van der Waals surface area contributed by atoms with Gasteiger partial charge in [0.25, 0.3) is 5.91 Å². The summed E-state index contributed by atoms with van der Waals surface area (Å²) in [5, 5.41) is 8.50. The molecule has 2 aliphatic heterocycles. The van der Waals surface area contributed by atoms with Gasteiger partial charge in [0, 0.05) is 18.5 Å². The number of fused-ring (bicyclic) bond motifs is 1. The van der Waals surface area contributed by atoms with Crippen molar-refractivity contribution in [1.82, 2.24) is 30.5 Å². The molecule has 316 valence electrons. The van der Waals surface area contributed by atoms with Crippen LogP contribution in [-0.4, -0.2) is 103 Å². The Hall–Kier alpha value is -2.74. The smallest absolute Gasteiger partial charge is 0.256 e. The van der Waals surface area contributed by atoms with Crippen molar-refractivity contribution in [3.8, 4) is 0 Å². The third-order valence-corrected chi connectivity index (χ3v) is 17.0. The van der Waals surface area contributed by atoms with E-state index in [9.17, 15) is 27.6 Å². The first-order valence-electron chi connectivity index (χ1n) is 21.5. The van der Waals surface area contributed by atoms with Crippen molar-refractivity contribution in [3.63, 3.8) is 0 Å². The predicted octanol–water partition coefficient (Wildman–Crippen LogP) is 3.86. The monoisotopic (exact) mass is 803 g/mol. The zero-order chi connectivity index (χ0) is 41.2. The second-order valence-electron chi connectivity index (χ2n) is 21.0. The molecule has 4 aliphatic carbocycles. The minimum Gasteiger partial charge on any atom is -0.344 e. The van der Waals surface area contributed by atoms with E-state index in [1.54, 1.807) is 4.90 Å². The van der Waals surface area contributed by atoms with Gasteiger partial charge in [0.2, 0.25) is 33.7 Å². The molecular formula is C42H70N6O7S. The summed E-state index contributed by atoms with van der Waals surface area (Å²) in [7, 11) is -3.83. The summed E-state index contributed by atoms with van der Waals surface area (Å²) in [6, 6.07) is -3.90. The highest BCUT2D eigenvalue weighted by Crippen LogP contribution is 2.88. The maximum absolute atomic E-state index is 15.1. The molecule has 5 amide bonds. The van der Waals surface area contributed by atoms with Crippen molar-refractivity contribution >= 4 is 39.6 Å². The maximum atomic E-state index is 15.1. The van der Waals surface area contributed by atoms with Gasteiger partial charge in [-0.05, 0) is 92.0 Å². The van der Waals surface area contributed by atoms with E-state index >= 15 is 4.79 Å². The van der Waals surface area contributed by atoms with E-state index in [1.807, 2.05) is 41.5 Å². The Balaban J connectivity index is 1.25. The highest BCUT2D eigenvalue weighted by atomic mass is 32.2. The van der Waals surface area contributed by atoms with E-state index in [1.165, 1.54) is 0 Å². The van der Waals surface area contributed by atoms with Crippen LogP contribution in [0.3, 0.4) is 0 Å². The molecule has 2 saturated heterocycles. The number of likely N-dealkylation sites (tertiary alicyclic amines) is 2. The molecule has 14 heteroatoms. The van der Waals surface area contributed by atoms with E-state index in [0.29, 0.717) is 38.8 Å². The Bertz CT molecular complexity index is 1670. The second-order valence-corrected chi connectivity index (χ2v) is 22.9. The fraction of sp³-hybridized carbons (Fsp3) is 0.881. The van der Waals surface area contributed by atoms with Crippen molar-refractivity contribution in [2.45, 2.75) is 169 Å². The van der Waals surface area contributed by atoms with Crippen molar-refractivity contribution in [3.05, 3.63) is 0 Å². The quantitative estimate of drug-likeness (QED) is 0.217. The van der Waals surface area contributed by atoms with Crippen LogP contribution in [-0.2, 0) is 34.0 Å². The summed E-state index contributed by atoms with van der Waals surface area (Å²) in [6.45, 7) is 20.7. The number of amides is 5. The Morgan fingerprint density at radius 3 is 1.91 bits per heavy atom. The van der Waals surface area contributed by atoms with Gasteiger partial charge in [-0.3, -0.25) is 28.7 Å². The lowest BCUT2D eigenvalue weighted by Crippen LogP contribution is -2.63. The van der Waals surface area contributed by atoms with Crippen LogP contribution in [0, 0.1) is 38.9 Å². The predicted molar refractivity (Wildman–Crippen MR) is 214 cm³/mol. The van der Waals surface area contributed by atoms with Crippen LogP contribution in [0.4, 0.5) is 0 Å². The second kappa shape index (κ2) is 15.1. The fourth-order valence-corrected chi connectivity index (χ4v) is 12.2. The molecular weight excluding hydrogens is 733 g/mol. The number of nitrogens with one attached hydrogen (secondary N) is 4. The molecule has 2 spiro atoms. The number of rotatable bonds is 13. The van der Waals surface area contributed by atoms with Crippen molar-refractivity contribution in [2.75, 3.05) is 26.2 Å². The van der Waals surface area contributed by atoms with Crippen molar-refractivity contribution < 1.29 is 32.4 Å². The number of piperidine rings is 1. The summed E-state index contributed by atoms with van der Waals surface area (Å²) in [5.74, 6) is -2.22. The van der Waals surface area contributed by atoms with Crippen LogP contribution in [0.2, 0.25) is 0 Å². The lowest BCUT2D eigenvalue weighted by molar-refractivity contribution is -0.145. The Morgan fingerprint density at radius 2 is 1.41 bits per heavy atom. The molecule has 6 fully saturated rings. The number of hydrogen-bond donors (Lipinski definition) is 4. The van der Waals surface area contributed by atoms with Crippen molar-refractivity contribution in [2.24, 2.45) is 38.9 Å². The molecule has 0 bridgehead atoms. The number of nitrogens with zero attached hydrogens (tertiary/aromatic N) is 2. The van der Waals surface area contributed by atoms with E-state index in [2.05, 4.69) is 46.3 Å².